The van der Waals surface area contributed by atoms with Gasteiger partial charge in [0.15, 0.2) is 0 Å². The number of ether oxygens (including phenoxy) is 1. The summed E-state index contributed by atoms with van der Waals surface area (Å²) in [4.78, 5) is 13.3. The van der Waals surface area contributed by atoms with Crippen LogP contribution in [0.15, 0.2) is 30.3 Å². The smallest absolute Gasteiger partial charge is 0.236 e. The lowest BCUT2D eigenvalue weighted by atomic mass is 10.3. The van der Waals surface area contributed by atoms with Crippen LogP contribution < -0.4 is 4.74 Å². The molecular weight excluding hydrogens is 282 g/mol. The third kappa shape index (κ3) is 4.77. The Hall–Kier alpha value is -1.03. The molecule has 1 atom stereocenters. The molecule has 3 nitrogen and oxygen atoms in total. The number of alkyl halides is 1. The molecule has 0 saturated heterocycles. The van der Waals surface area contributed by atoms with E-state index in [2.05, 4.69) is 15.9 Å². The van der Waals surface area contributed by atoms with E-state index in [1.54, 1.807) is 11.9 Å². The lowest BCUT2D eigenvalue weighted by Crippen LogP contribution is -2.35. The first-order valence-electron chi connectivity index (χ1n) is 5.72. The number of rotatable bonds is 6. The number of amides is 1. The molecule has 1 amide bonds. The van der Waals surface area contributed by atoms with Crippen LogP contribution in [-0.4, -0.2) is 35.8 Å². The summed E-state index contributed by atoms with van der Waals surface area (Å²) in [5.74, 6) is 0.934. The summed E-state index contributed by atoms with van der Waals surface area (Å²) in [5.41, 5.74) is 0. The van der Waals surface area contributed by atoms with Crippen molar-refractivity contribution in [2.24, 2.45) is 0 Å². The molecule has 1 rings (SSSR count). The van der Waals surface area contributed by atoms with Gasteiger partial charge in [0, 0.05) is 7.05 Å². The first-order chi connectivity index (χ1) is 8.15. The largest absolute Gasteiger partial charge is 0.492 e. The van der Waals surface area contributed by atoms with Crippen molar-refractivity contribution >= 4 is 21.8 Å². The molecule has 17 heavy (non-hydrogen) atoms. The molecule has 0 heterocycles. The number of hydrogen-bond acceptors (Lipinski definition) is 2. The standard InChI is InChI=1S/C13H18BrNO2/c1-3-12(14)13(16)15(2)9-10-17-11-7-5-4-6-8-11/h4-8,12H,3,9-10H2,1-2H3. The maximum atomic E-state index is 11.7. The number of hydrogen-bond donors (Lipinski definition) is 0. The second-order valence-electron chi connectivity index (χ2n) is 3.80. The van der Waals surface area contributed by atoms with E-state index in [1.165, 1.54) is 0 Å². The number of carbonyl (C=O) groups is 1. The molecule has 0 bridgehead atoms. The minimum absolute atomic E-state index is 0.0933. The summed E-state index contributed by atoms with van der Waals surface area (Å²) in [6.07, 6.45) is 0.794. The Labute approximate surface area is 111 Å². The third-order valence-electron chi connectivity index (χ3n) is 2.44. The molecule has 0 radical (unpaired) electrons. The summed E-state index contributed by atoms with van der Waals surface area (Å²) >= 11 is 3.35. The SMILES string of the molecule is CCC(Br)C(=O)N(C)CCOc1ccccc1. The van der Waals surface area contributed by atoms with E-state index in [1.807, 2.05) is 37.3 Å². The Kier molecular flexibility index (Phi) is 6.05. The molecular formula is C13H18BrNO2. The van der Waals surface area contributed by atoms with E-state index >= 15 is 0 Å². The Balaban J connectivity index is 2.29. The zero-order chi connectivity index (χ0) is 12.7. The zero-order valence-corrected chi connectivity index (χ0v) is 11.8. The topological polar surface area (TPSA) is 29.5 Å². The van der Waals surface area contributed by atoms with Gasteiger partial charge in [-0.3, -0.25) is 4.79 Å². The second-order valence-corrected chi connectivity index (χ2v) is 4.90. The Morgan fingerprint density at radius 2 is 2.06 bits per heavy atom. The van der Waals surface area contributed by atoms with Crippen LogP contribution in [0.4, 0.5) is 0 Å². The normalized spacial score (nSPS) is 11.9. The molecule has 4 heteroatoms. The average Bonchev–Trinajstić information content (AvgIpc) is 2.38. The van der Waals surface area contributed by atoms with Crippen molar-refractivity contribution in [2.75, 3.05) is 20.2 Å². The molecule has 1 unspecified atom stereocenters. The summed E-state index contributed by atoms with van der Waals surface area (Å²) in [6, 6.07) is 9.60. The number of likely N-dealkylation sites (N-methyl/N-ethyl adjacent to an activating group) is 1. The summed E-state index contributed by atoms with van der Waals surface area (Å²) < 4.78 is 5.53. The minimum atomic E-state index is -0.0933. The number of benzene rings is 1. The van der Waals surface area contributed by atoms with Crippen LogP contribution in [0.1, 0.15) is 13.3 Å². The molecule has 0 aliphatic rings. The highest BCUT2D eigenvalue weighted by molar-refractivity contribution is 9.10. The van der Waals surface area contributed by atoms with Crippen molar-refractivity contribution in [3.63, 3.8) is 0 Å². The molecule has 0 aromatic heterocycles. The summed E-state index contributed by atoms with van der Waals surface area (Å²) in [5, 5.41) is 0. The van der Waals surface area contributed by atoms with Crippen LogP contribution in [0.5, 0.6) is 5.75 Å². The van der Waals surface area contributed by atoms with Crippen molar-refractivity contribution in [3.05, 3.63) is 30.3 Å². The quantitative estimate of drug-likeness (QED) is 0.756. The fraction of sp³-hybridized carbons (Fsp3) is 0.462. The molecule has 1 aromatic rings. The van der Waals surface area contributed by atoms with Crippen LogP contribution in [0.3, 0.4) is 0 Å². The van der Waals surface area contributed by atoms with Crippen molar-refractivity contribution in [1.29, 1.82) is 0 Å². The van der Waals surface area contributed by atoms with Gasteiger partial charge in [-0.25, -0.2) is 0 Å². The Morgan fingerprint density at radius 1 is 1.41 bits per heavy atom. The van der Waals surface area contributed by atoms with Crippen LogP contribution in [0.2, 0.25) is 0 Å². The van der Waals surface area contributed by atoms with Gasteiger partial charge >= 0.3 is 0 Å². The molecule has 1 aromatic carbocycles. The first kappa shape index (κ1) is 14.0. The van der Waals surface area contributed by atoms with Gasteiger partial charge in [0.05, 0.1) is 11.4 Å². The molecule has 0 N–H and O–H groups in total. The Morgan fingerprint density at radius 3 is 2.65 bits per heavy atom. The Bertz CT molecular complexity index is 343. The van der Waals surface area contributed by atoms with E-state index < -0.39 is 0 Å². The monoisotopic (exact) mass is 299 g/mol. The van der Waals surface area contributed by atoms with Crippen molar-refractivity contribution < 1.29 is 9.53 Å². The van der Waals surface area contributed by atoms with Crippen molar-refractivity contribution in [2.45, 2.75) is 18.2 Å². The third-order valence-corrected chi connectivity index (χ3v) is 3.48. The van der Waals surface area contributed by atoms with Gasteiger partial charge in [0.2, 0.25) is 5.91 Å². The van der Waals surface area contributed by atoms with Gasteiger partial charge in [0.1, 0.15) is 12.4 Å². The molecule has 0 spiro atoms. The predicted octanol–water partition coefficient (Wildman–Crippen LogP) is 2.70. The number of para-hydroxylation sites is 1. The van der Waals surface area contributed by atoms with Gasteiger partial charge in [-0.2, -0.15) is 0 Å². The highest BCUT2D eigenvalue weighted by Crippen LogP contribution is 2.09. The van der Waals surface area contributed by atoms with Gasteiger partial charge in [0.25, 0.3) is 0 Å². The van der Waals surface area contributed by atoms with Gasteiger partial charge in [-0.05, 0) is 18.6 Å². The fourth-order valence-electron chi connectivity index (χ4n) is 1.34. The van der Waals surface area contributed by atoms with Gasteiger partial charge in [-0.1, -0.05) is 41.1 Å². The van der Waals surface area contributed by atoms with E-state index in [0.29, 0.717) is 13.2 Å². The predicted molar refractivity (Wildman–Crippen MR) is 72.6 cm³/mol. The fourth-order valence-corrected chi connectivity index (χ4v) is 1.69. The maximum absolute atomic E-state index is 11.7. The van der Waals surface area contributed by atoms with E-state index in [-0.39, 0.29) is 10.7 Å². The van der Waals surface area contributed by atoms with E-state index in [0.717, 1.165) is 12.2 Å². The molecule has 0 saturated carbocycles. The van der Waals surface area contributed by atoms with Crippen molar-refractivity contribution in [3.8, 4) is 5.75 Å². The van der Waals surface area contributed by atoms with E-state index in [4.69, 9.17) is 4.74 Å². The van der Waals surface area contributed by atoms with Gasteiger partial charge in [-0.15, -0.1) is 0 Å². The lowest BCUT2D eigenvalue weighted by molar-refractivity contribution is -0.129. The van der Waals surface area contributed by atoms with Crippen LogP contribution in [0, 0.1) is 0 Å². The molecule has 0 fully saturated rings. The van der Waals surface area contributed by atoms with Crippen LogP contribution in [0.25, 0.3) is 0 Å². The number of nitrogens with zero attached hydrogens (tertiary/aromatic N) is 1. The summed E-state index contributed by atoms with van der Waals surface area (Å²) in [6.45, 7) is 3.08. The highest BCUT2D eigenvalue weighted by atomic mass is 79.9. The zero-order valence-electron chi connectivity index (χ0n) is 10.2. The van der Waals surface area contributed by atoms with E-state index in [9.17, 15) is 4.79 Å². The lowest BCUT2D eigenvalue weighted by Gasteiger charge is -2.19. The summed E-state index contributed by atoms with van der Waals surface area (Å²) in [7, 11) is 1.79. The average molecular weight is 300 g/mol. The highest BCUT2D eigenvalue weighted by Gasteiger charge is 2.16. The minimum Gasteiger partial charge on any atom is -0.492 e. The first-order valence-corrected chi connectivity index (χ1v) is 6.63. The van der Waals surface area contributed by atoms with Crippen molar-refractivity contribution in [1.82, 2.24) is 4.90 Å². The molecule has 94 valence electrons. The maximum Gasteiger partial charge on any atom is 0.236 e. The van der Waals surface area contributed by atoms with Crippen LogP contribution >= 0.6 is 15.9 Å². The molecule has 0 aliphatic carbocycles. The number of halogens is 1. The van der Waals surface area contributed by atoms with Gasteiger partial charge < -0.3 is 9.64 Å². The van der Waals surface area contributed by atoms with Crippen LogP contribution in [-0.2, 0) is 4.79 Å². The number of carbonyl (C=O) groups excluding carboxylic acids is 1. The second kappa shape index (κ2) is 7.33. The molecule has 0 aliphatic heterocycles.